The second-order valence-electron chi connectivity index (χ2n) is 4.57. The minimum absolute atomic E-state index is 0.103. The van der Waals surface area contributed by atoms with Crippen molar-refractivity contribution in [3.8, 4) is 0 Å². The lowest BCUT2D eigenvalue weighted by atomic mass is 10.1. The molecule has 0 heterocycles. The third-order valence-corrected chi connectivity index (χ3v) is 2.95. The molecular formula is C16H19NO. The molecule has 0 fully saturated rings. The Morgan fingerprint density at radius 2 is 1.56 bits per heavy atom. The van der Waals surface area contributed by atoms with Crippen molar-refractivity contribution in [1.82, 2.24) is 5.32 Å². The van der Waals surface area contributed by atoms with Crippen LogP contribution in [0.15, 0.2) is 48.5 Å². The predicted octanol–water partition coefficient (Wildman–Crippen LogP) is 2.78. The summed E-state index contributed by atoms with van der Waals surface area (Å²) in [5, 5.41) is 12.5. The third kappa shape index (κ3) is 3.69. The fourth-order valence-electron chi connectivity index (χ4n) is 1.90. The zero-order chi connectivity index (χ0) is 12.8. The van der Waals surface area contributed by atoms with E-state index in [0.29, 0.717) is 0 Å². The van der Waals surface area contributed by atoms with E-state index in [1.807, 2.05) is 18.2 Å². The van der Waals surface area contributed by atoms with Crippen LogP contribution >= 0.6 is 0 Å². The van der Waals surface area contributed by atoms with Crippen molar-refractivity contribution in [2.45, 2.75) is 26.6 Å². The fourth-order valence-corrected chi connectivity index (χ4v) is 1.90. The highest BCUT2D eigenvalue weighted by atomic mass is 16.3. The lowest BCUT2D eigenvalue weighted by Gasteiger charge is -2.06. The summed E-state index contributed by atoms with van der Waals surface area (Å²) in [7, 11) is 0. The highest BCUT2D eigenvalue weighted by molar-refractivity contribution is 5.23. The molecular weight excluding hydrogens is 222 g/mol. The van der Waals surface area contributed by atoms with Crippen LogP contribution in [0.3, 0.4) is 0 Å². The van der Waals surface area contributed by atoms with Crippen LogP contribution in [0.25, 0.3) is 0 Å². The summed E-state index contributed by atoms with van der Waals surface area (Å²) in [6, 6.07) is 16.6. The van der Waals surface area contributed by atoms with Crippen LogP contribution in [0.2, 0.25) is 0 Å². The zero-order valence-electron chi connectivity index (χ0n) is 10.7. The van der Waals surface area contributed by atoms with Crippen molar-refractivity contribution in [1.29, 1.82) is 0 Å². The van der Waals surface area contributed by atoms with Crippen molar-refractivity contribution in [3.05, 3.63) is 70.8 Å². The smallest absolute Gasteiger partial charge is 0.0681 e. The summed E-state index contributed by atoms with van der Waals surface area (Å²) < 4.78 is 0. The van der Waals surface area contributed by atoms with Gasteiger partial charge in [-0.25, -0.2) is 0 Å². The van der Waals surface area contributed by atoms with Gasteiger partial charge in [0, 0.05) is 13.1 Å². The Morgan fingerprint density at radius 3 is 2.28 bits per heavy atom. The Labute approximate surface area is 108 Å². The Hall–Kier alpha value is -1.64. The van der Waals surface area contributed by atoms with Gasteiger partial charge in [0.2, 0.25) is 0 Å². The number of aliphatic hydroxyl groups is 1. The highest BCUT2D eigenvalue weighted by Gasteiger charge is 1.96. The summed E-state index contributed by atoms with van der Waals surface area (Å²) in [5.41, 5.74) is 4.74. The van der Waals surface area contributed by atoms with Gasteiger partial charge < -0.3 is 10.4 Å². The Morgan fingerprint density at radius 1 is 0.889 bits per heavy atom. The van der Waals surface area contributed by atoms with E-state index in [0.717, 1.165) is 18.7 Å². The summed E-state index contributed by atoms with van der Waals surface area (Å²) in [5.74, 6) is 0. The maximum Gasteiger partial charge on any atom is 0.0681 e. The maximum atomic E-state index is 9.07. The number of hydrogen-bond donors (Lipinski definition) is 2. The molecule has 2 aromatic carbocycles. The topological polar surface area (TPSA) is 32.3 Å². The molecule has 0 aliphatic heterocycles. The van der Waals surface area contributed by atoms with E-state index in [4.69, 9.17) is 5.11 Å². The number of benzene rings is 2. The summed E-state index contributed by atoms with van der Waals surface area (Å²) >= 11 is 0. The average Bonchev–Trinajstić information content (AvgIpc) is 2.41. The fraction of sp³-hybridized carbons (Fsp3) is 0.250. The molecule has 0 aliphatic carbocycles. The summed E-state index contributed by atoms with van der Waals surface area (Å²) in [6.07, 6.45) is 0. The van der Waals surface area contributed by atoms with Gasteiger partial charge in [-0.05, 0) is 23.6 Å². The van der Waals surface area contributed by atoms with Gasteiger partial charge in [0.25, 0.3) is 0 Å². The van der Waals surface area contributed by atoms with Gasteiger partial charge in [0.15, 0.2) is 0 Å². The highest BCUT2D eigenvalue weighted by Crippen LogP contribution is 2.06. The van der Waals surface area contributed by atoms with Gasteiger partial charge in [-0.15, -0.1) is 0 Å². The minimum atomic E-state index is 0.103. The SMILES string of the molecule is Cc1ccc(CNCc2cccc(CO)c2)cc1. The second-order valence-corrected chi connectivity index (χ2v) is 4.57. The van der Waals surface area contributed by atoms with Gasteiger partial charge in [-0.2, -0.15) is 0 Å². The number of rotatable bonds is 5. The van der Waals surface area contributed by atoms with Crippen LogP contribution in [0, 0.1) is 6.92 Å². The van der Waals surface area contributed by atoms with Crippen LogP contribution in [-0.4, -0.2) is 5.11 Å². The molecule has 0 amide bonds. The van der Waals surface area contributed by atoms with E-state index >= 15 is 0 Å². The molecule has 0 saturated heterocycles. The van der Waals surface area contributed by atoms with Gasteiger partial charge in [0.1, 0.15) is 0 Å². The molecule has 2 N–H and O–H groups in total. The third-order valence-electron chi connectivity index (χ3n) is 2.95. The first-order chi connectivity index (χ1) is 8.78. The van der Waals surface area contributed by atoms with E-state index in [9.17, 15) is 0 Å². The number of hydrogen-bond acceptors (Lipinski definition) is 2. The predicted molar refractivity (Wildman–Crippen MR) is 74.1 cm³/mol. The molecule has 0 atom stereocenters. The van der Waals surface area contributed by atoms with E-state index in [-0.39, 0.29) is 6.61 Å². The van der Waals surface area contributed by atoms with Crippen molar-refractivity contribution in [2.75, 3.05) is 0 Å². The Balaban J connectivity index is 1.86. The molecule has 0 bridgehead atoms. The van der Waals surface area contributed by atoms with Crippen LogP contribution in [-0.2, 0) is 19.7 Å². The first kappa shape index (κ1) is 12.8. The van der Waals surface area contributed by atoms with Crippen LogP contribution in [0.4, 0.5) is 0 Å². The quantitative estimate of drug-likeness (QED) is 0.843. The molecule has 18 heavy (non-hydrogen) atoms. The number of nitrogens with one attached hydrogen (secondary N) is 1. The molecule has 2 rings (SSSR count). The molecule has 0 radical (unpaired) electrons. The van der Waals surface area contributed by atoms with E-state index in [1.54, 1.807) is 0 Å². The van der Waals surface area contributed by atoms with Gasteiger partial charge in [-0.1, -0.05) is 54.1 Å². The summed E-state index contributed by atoms with van der Waals surface area (Å²) in [6.45, 7) is 3.88. The molecule has 0 saturated carbocycles. The molecule has 0 spiro atoms. The first-order valence-corrected chi connectivity index (χ1v) is 6.23. The Kier molecular flexibility index (Phi) is 4.51. The standard InChI is InChI=1S/C16H19NO/c1-13-5-7-14(8-6-13)10-17-11-15-3-2-4-16(9-15)12-18/h2-9,17-18H,10-12H2,1H3. The van der Waals surface area contributed by atoms with Gasteiger partial charge in [-0.3, -0.25) is 0 Å². The molecule has 2 heteroatoms. The minimum Gasteiger partial charge on any atom is -0.392 e. The van der Waals surface area contributed by atoms with E-state index in [2.05, 4.69) is 42.6 Å². The van der Waals surface area contributed by atoms with E-state index < -0.39 is 0 Å². The van der Waals surface area contributed by atoms with Crippen molar-refractivity contribution < 1.29 is 5.11 Å². The molecule has 2 nitrogen and oxygen atoms in total. The number of aryl methyl sites for hydroxylation is 1. The normalized spacial score (nSPS) is 10.6. The van der Waals surface area contributed by atoms with E-state index in [1.165, 1.54) is 16.7 Å². The van der Waals surface area contributed by atoms with Crippen LogP contribution in [0.5, 0.6) is 0 Å². The van der Waals surface area contributed by atoms with Crippen LogP contribution < -0.4 is 5.32 Å². The average molecular weight is 241 g/mol. The van der Waals surface area contributed by atoms with Crippen molar-refractivity contribution >= 4 is 0 Å². The molecule has 0 aromatic heterocycles. The van der Waals surface area contributed by atoms with Gasteiger partial charge in [0.05, 0.1) is 6.61 Å². The first-order valence-electron chi connectivity index (χ1n) is 6.23. The largest absolute Gasteiger partial charge is 0.392 e. The zero-order valence-corrected chi connectivity index (χ0v) is 10.7. The van der Waals surface area contributed by atoms with Crippen LogP contribution in [0.1, 0.15) is 22.3 Å². The molecule has 94 valence electrons. The monoisotopic (exact) mass is 241 g/mol. The summed E-state index contributed by atoms with van der Waals surface area (Å²) in [4.78, 5) is 0. The lowest BCUT2D eigenvalue weighted by molar-refractivity contribution is 0.281. The maximum absolute atomic E-state index is 9.07. The van der Waals surface area contributed by atoms with Gasteiger partial charge >= 0.3 is 0 Å². The van der Waals surface area contributed by atoms with Crippen molar-refractivity contribution in [3.63, 3.8) is 0 Å². The van der Waals surface area contributed by atoms with Crippen molar-refractivity contribution in [2.24, 2.45) is 0 Å². The second kappa shape index (κ2) is 6.34. The lowest BCUT2D eigenvalue weighted by Crippen LogP contribution is -2.12. The number of aliphatic hydroxyl groups excluding tert-OH is 1. The molecule has 0 unspecified atom stereocenters. The molecule has 2 aromatic rings. The Bertz CT molecular complexity index is 491. The molecule has 0 aliphatic rings.